The molecule has 1 spiro atoms. The van der Waals surface area contributed by atoms with E-state index < -0.39 is 0 Å². The van der Waals surface area contributed by atoms with Crippen LogP contribution in [-0.4, -0.2) is 48.8 Å². The van der Waals surface area contributed by atoms with Crippen molar-refractivity contribution in [3.63, 3.8) is 0 Å². The number of likely N-dealkylation sites (tertiary alicyclic amines) is 1. The highest BCUT2D eigenvalue weighted by molar-refractivity contribution is 5.96. The van der Waals surface area contributed by atoms with Gasteiger partial charge < -0.3 is 18.8 Å². The number of hydrogen-bond acceptors (Lipinski definition) is 4. The molecule has 2 saturated heterocycles. The Morgan fingerprint density at radius 1 is 1.32 bits per heavy atom. The molecule has 1 amide bonds. The maximum absolute atomic E-state index is 12.8. The smallest absolute Gasteiger partial charge is 0.289 e. The average Bonchev–Trinajstić information content (AvgIpc) is 3.07. The van der Waals surface area contributed by atoms with Gasteiger partial charge in [0.2, 0.25) is 0 Å². The van der Waals surface area contributed by atoms with Crippen LogP contribution in [0, 0.1) is 5.92 Å². The highest BCUT2D eigenvalue weighted by Gasteiger charge is 2.47. The lowest BCUT2D eigenvalue weighted by Gasteiger charge is -2.22. The molecule has 2 atom stereocenters. The third-order valence-corrected chi connectivity index (χ3v) is 5.68. The van der Waals surface area contributed by atoms with Crippen LogP contribution in [0.3, 0.4) is 0 Å². The van der Waals surface area contributed by atoms with Crippen molar-refractivity contribution in [2.45, 2.75) is 37.4 Å². The number of benzene rings is 1. The van der Waals surface area contributed by atoms with E-state index in [-0.39, 0.29) is 17.6 Å². The summed E-state index contributed by atoms with van der Waals surface area (Å²) < 4.78 is 17.8. The first-order valence-corrected chi connectivity index (χ1v) is 9.24. The quantitative estimate of drug-likeness (QED) is 0.857. The highest BCUT2D eigenvalue weighted by atomic mass is 16.6. The van der Waals surface area contributed by atoms with E-state index in [4.69, 9.17) is 13.9 Å². The van der Waals surface area contributed by atoms with Crippen LogP contribution in [0.15, 0.2) is 34.7 Å². The topological polar surface area (TPSA) is 51.9 Å². The lowest BCUT2D eigenvalue weighted by molar-refractivity contribution is 0.00140. The number of rotatable bonds is 4. The van der Waals surface area contributed by atoms with E-state index in [9.17, 15) is 4.79 Å². The second-order valence-electron chi connectivity index (χ2n) is 7.72. The minimum Gasteiger partial charge on any atom is -0.451 e. The predicted octanol–water partition coefficient (Wildman–Crippen LogP) is 3.23. The van der Waals surface area contributed by atoms with E-state index in [1.54, 1.807) is 0 Å². The van der Waals surface area contributed by atoms with Crippen LogP contribution >= 0.6 is 0 Å². The molecule has 5 heteroatoms. The van der Waals surface area contributed by atoms with Crippen molar-refractivity contribution >= 4 is 16.9 Å². The van der Waals surface area contributed by atoms with Crippen LogP contribution < -0.4 is 0 Å². The number of carbonyl (C=O) groups excluding carboxylic acids is 1. The Morgan fingerprint density at radius 2 is 2.20 bits per heavy atom. The Hall–Kier alpha value is -1.85. The van der Waals surface area contributed by atoms with Gasteiger partial charge >= 0.3 is 0 Å². The van der Waals surface area contributed by atoms with Crippen LogP contribution in [0.5, 0.6) is 0 Å². The molecule has 0 radical (unpaired) electrons. The van der Waals surface area contributed by atoms with Gasteiger partial charge in [0.05, 0.1) is 24.9 Å². The molecule has 0 unspecified atom stereocenters. The number of para-hydroxylation sites is 1. The number of carbonyl (C=O) groups is 1. The van der Waals surface area contributed by atoms with Gasteiger partial charge in [-0.05, 0) is 37.3 Å². The fourth-order valence-electron chi connectivity index (χ4n) is 4.01. The van der Waals surface area contributed by atoms with E-state index in [2.05, 4.69) is 0 Å². The van der Waals surface area contributed by atoms with Gasteiger partial charge in [-0.1, -0.05) is 18.2 Å². The summed E-state index contributed by atoms with van der Waals surface area (Å²) in [7, 11) is 0. The molecule has 2 aromatic rings. The zero-order chi connectivity index (χ0) is 16.9. The summed E-state index contributed by atoms with van der Waals surface area (Å²) in [5.41, 5.74) is 0.529. The minimum atomic E-state index is -0.226. The number of furan rings is 1. The molecule has 0 bridgehead atoms. The van der Waals surface area contributed by atoms with Crippen LogP contribution in [0.4, 0.5) is 0 Å². The zero-order valence-corrected chi connectivity index (χ0v) is 14.3. The summed E-state index contributed by atoms with van der Waals surface area (Å²) in [5, 5.41) is 0.963. The van der Waals surface area contributed by atoms with Gasteiger partial charge in [0.1, 0.15) is 5.58 Å². The second-order valence-corrected chi connectivity index (χ2v) is 7.72. The van der Waals surface area contributed by atoms with Gasteiger partial charge in [0.25, 0.3) is 5.91 Å². The maximum Gasteiger partial charge on any atom is 0.289 e. The first-order chi connectivity index (χ1) is 12.2. The van der Waals surface area contributed by atoms with Crippen molar-refractivity contribution in [1.29, 1.82) is 0 Å². The molecule has 25 heavy (non-hydrogen) atoms. The van der Waals surface area contributed by atoms with Crippen molar-refractivity contribution in [3.05, 3.63) is 36.1 Å². The van der Waals surface area contributed by atoms with Crippen molar-refractivity contribution in [2.75, 3.05) is 26.3 Å². The van der Waals surface area contributed by atoms with Gasteiger partial charge in [-0.15, -0.1) is 0 Å². The number of amides is 1. The lowest BCUT2D eigenvalue weighted by Crippen LogP contribution is -2.36. The van der Waals surface area contributed by atoms with E-state index in [1.807, 2.05) is 35.2 Å². The molecular formula is C20H23NO4. The Kier molecular flexibility index (Phi) is 3.61. The number of nitrogens with zero attached hydrogens (tertiary/aromatic N) is 1. The SMILES string of the molecule is O=C(c1cc2ccccc2o1)N1CC[C@]2(C[C@@H](OCC3CC3)CO2)C1. The molecule has 1 aliphatic carbocycles. The van der Waals surface area contributed by atoms with E-state index >= 15 is 0 Å². The summed E-state index contributed by atoms with van der Waals surface area (Å²) in [6.45, 7) is 2.86. The fraction of sp³-hybridized carbons (Fsp3) is 0.550. The Labute approximate surface area is 146 Å². The van der Waals surface area contributed by atoms with Gasteiger partial charge in [0, 0.05) is 25.0 Å². The molecule has 3 heterocycles. The molecule has 0 N–H and O–H groups in total. The summed E-state index contributed by atoms with van der Waals surface area (Å²) >= 11 is 0. The average molecular weight is 341 g/mol. The molecule has 5 nitrogen and oxygen atoms in total. The summed E-state index contributed by atoms with van der Waals surface area (Å²) in [5.74, 6) is 1.14. The largest absolute Gasteiger partial charge is 0.451 e. The molecule has 5 rings (SSSR count). The molecule has 2 aliphatic heterocycles. The van der Waals surface area contributed by atoms with Crippen LogP contribution in [-0.2, 0) is 9.47 Å². The van der Waals surface area contributed by atoms with Crippen LogP contribution in [0.25, 0.3) is 11.0 Å². The van der Waals surface area contributed by atoms with E-state index in [0.717, 1.165) is 36.3 Å². The van der Waals surface area contributed by atoms with Crippen molar-refractivity contribution in [3.8, 4) is 0 Å². The monoisotopic (exact) mass is 341 g/mol. The first-order valence-electron chi connectivity index (χ1n) is 9.24. The number of ether oxygens (including phenoxy) is 2. The molecule has 132 valence electrons. The summed E-state index contributed by atoms with van der Waals surface area (Å²) in [6.07, 6.45) is 4.56. The minimum absolute atomic E-state index is 0.0426. The molecular weight excluding hydrogens is 318 g/mol. The highest BCUT2D eigenvalue weighted by Crippen LogP contribution is 2.38. The van der Waals surface area contributed by atoms with E-state index in [0.29, 0.717) is 25.5 Å². The molecule has 3 aliphatic rings. The summed E-state index contributed by atoms with van der Waals surface area (Å²) in [4.78, 5) is 14.7. The standard InChI is InChI=1S/C20H23NO4/c22-19(18-9-15-3-1-2-4-17(15)25-18)21-8-7-20(13-21)10-16(12-24-20)23-11-14-5-6-14/h1-4,9,14,16H,5-8,10-13H2/t16-,20+/m1/s1. The third-order valence-electron chi connectivity index (χ3n) is 5.68. The van der Waals surface area contributed by atoms with Crippen LogP contribution in [0.1, 0.15) is 36.2 Å². The lowest BCUT2D eigenvalue weighted by atomic mass is 9.98. The Bertz CT molecular complexity index is 763. The molecule has 1 saturated carbocycles. The first kappa shape index (κ1) is 15.4. The summed E-state index contributed by atoms with van der Waals surface area (Å²) in [6, 6.07) is 9.55. The van der Waals surface area contributed by atoms with Crippen LogP contribution in [0.2, 0.25) is 0 Å². The van der Waals surface area contributed by atoms with E-state index in [1.165, 1.54) is 12.8 Å². The second kappa shape index (κ2) is 5.85. The third kappa shape index (κ3) is 2.96. The number of fused-ring (bicyclic) bond motifs is 1. The van der Waals surface area contributed by atoms with Crippen molar-refractivity contribution in [1.82, 2.24) is 4.90 Å². The van der Waals surface area contributed by atoms with Gasteiger partial charge in [-0.3, -0.25) is 4.79 Å². The maximum atomic E-state index is 12.8. The Morgan fingerprint density at radius 3 is 3.04 bits per heavy atom. The van der Waals surface area contributed by atoms with Gasteiger partial charge in [-0.25, -0.2) is 0 Å². The zero-order valence-electron chi connectivity index (χ0n) is 14.3. The normalized spacial score (nSPS) is 29.1. The molecule has 1 aromatic carbocycles. The molecule has 1 aromatic heterocycles. The predicted molar refractivity (Wildman–Crippen MR) is 92.5 cm³/mol. The van der Waals surface area contributed by atoms with Gasteiger partial charge in [0.15, 0.2) is 5.76 Å². The number of hydrogen-bond donors (Lipinski definition) is 0. The van der Waals surface area contributed by atoms with Crippen molar-refractivity contribution in [2.24, 2.45) is 5.92 Å². The molecule has 3 fully saturated rings. The van der Waals surface area contributed by atoms with Gasteiger partial charge in [-0.2, -0.15) is 0 Å². The fourth-order valence-corrected chi connectivity index (χ4v) is 4.01. The van der Waals surface area contributed by atoms with Crippen molar-refractivity contribution < 1.29 is 18.7 Å². The Balaban J connectivity index is 1.24.